The zero-order chi connectivity index (χ0) is 26.4. The summed E-state index contributed by atoms with van der Waals surface area (Å²) in [5.41, 5.74) is 5.46. The molecule has 9 nitrogen and oxygen atoms in total. The number of nitrogens with zero attached hydrogens (tertiary/aromatic N) is 6. The molecule has 6 rings (SSSR count). The van der Waals surface area contributed by atoms with Crippen LogP contribution in [-0.2, 0) is 7.05 Å². The molecule has 0 saturated carbocycles. The minimum absolute atomic E-state index is 0.363. The third-order valence-electron chi connectivity index (χ3n) is 6.00. The normalized spacial score (nSPS) is 11.3. The zero-order valence-electron chi connectivity index (χ0n) is 20.6. The predicted molar refractivity (Wildman–Crippen MR) is 149 cm³/mol. The first kappa shape index (κ1) is 24.0. The number of methoxy groups -OCH3 is 1. The van der Waals surface area contributed by atoms with E-state index in [-0.39, 0.29) is 5.91 Å². The SMILES string of the molecule is COc1ccc(Cl)cc1-c1cc(C)ncc1C(=O)Nc1nc2ncc(-c3ccc4nn(C)cc4c3)nc2s1. The summed E-state index contributed by atoms with van der Waals surface area (Å²) >= 11 is 7.51. The number of aryl methyl sites for hydroxylation is 2. The van der Waals surface area contributed by atoms with Crippen LogP contribution in [0, 0.1) is 6.92 Å². The lowest BCUT2D eigenvalue weighted by Gasteiger charge is -2.13. The summed E-state index contributed by atoms with van der Waals surface area (Å²) in [6, 6.07) is 13.0. The van der Waals surface area contributed by atoms with E-state index in [4.69, 9.17) is 21.3 Å². The molecule has 0 fully saturated rings. The molecule has 38 heavy (non-hydrogen) atoms. The van der Waals surface area contributed by atoms with Crippen LogP contribution in [0.5, 0.6) is 5.75 Å². The van der Waals surface area contributed by atoms with Crippen LogP contribution in [0.15, 0.2) is 61.1 Å². The van der Waals surface area contributed by atoms with Crippen LogP contribution >= 0.6 is 22.9 Å². The average Bonchev–Trinajstić information content (AvgIpc) is 3.48. The Bertz CT molecular complexity index is 1860. The van der Waals surface area contributed by atoms with Gasteiger partial charge in [-0.1, -0.05) is 29.0 Å². The maximum absolute atomic E-state index is 13.4. The summed E-state index contributed by atoms with van der Waals surface area (Å²) in [6.07, 6.45) is 5.17. The first-order chi connectivity index (χ1) is 18.4. The molecule has 11 heteroatoms. The molecule has 0 atom stereocenters. The number of aromatic nitrogens is 6. The molecule has 0 bridgehead atoms. The van der Waals surface area contributed by atoms with E-state index < -0.39 is 0 Å². The van der Waals surface area contributed by atoms with E-state index in [2.05, 4.69) is 25.4 Å². The molecule has 188 valence electrons. The smallest absolute Gasteiger partial charge is 0.259 e. The maximum atomic E-state index is 13.4. The van der Waals surface area contributed by atoms with Crippen molar-refractivity contribution in [1.82, 2.24) is 29.7 Å². The molecule has 6 aromatic rings. The number of halogens is 1. The van der Waals surface area contributed by atoms with E-state index in [1.165, 1.54) is 17.5 Å². The highest BCUT2D eigenvalue weighted by atomic mass is 35.5. The van der Waals surface area contributed by atoms with Gasteiger partial charge in [-0.3, -0.25) is 19.8 Å². The Balaban J connectivity index is 1.32. The highest BCUT2D eigenvalue weighted by molar-refractivity contribution is 7.21. The van der Waals surface area contributed by atoms with Gasteiger partial charge >= 0.3 is 0 Å². The Labute approximate surface area is 226 Å². The van der Waals surface area contributed by atoms with Crippen LogP contribution in [0.4, 0.5) is 5.13 Å². The molecule has 0 radical (unpaired) electrons. The number of carbonyl (C=O) groups is 1. The molecule has 0 saturated heterocycles. The van der Waals surface area contributed by atoms with Crippen molar-refractivity contribution in [3.63, 3.8) is 0 Å². The topological polar surface area (TPSA) is 108 Å². The quantitative estimate of drug-likeness (QED) is 0.288. The number of rotatable bonds is 5. The summed E-state index contributed by atoms with van der Waals surface area (Å²) < 4.78 is 7.29. The van der Waals surface area contributed by atoms with E-state index in [1.54, 1.807) is 36.2 Å². The lowest BCUT2D eigenvalue weighted by atomic mass is 9.99. The molecule has 4 aromatic heterocycles. The van der Waals surface area contributed by atoms with Crippen molar-refractivity contribution >= 4 is 55.4 Å². The van der Waals surface area contributed by atoms with Gasteiger partial charge < -0.3 is 4.74 Å². The first-order valence-corrected chi connectivity index (χ1v) is 12.8. The Morgan fingerprint density at radius 2 is 1.92 bits per heavy atom. The summed E-state index contributed by atoms with van der Waals surface area (Å²) in [5, 5.41) is 9.22. The van der Waals surface area contributed by atoms with Gasteiger partial charge in [0.15, 0.2) is 15.6 Å². The fourth-order valence-corrected chi connectivity index (χ4v) is 5.21. The standard InChI is InChI=1S/C27H20ClN7O2S/c1-14-8-18(19-10-17(28)5-7-23(19)37-3)20(11-29-14)25(36)33-27-32-24-26(38-27)31-22(12-30-24)15-4-6-21-16(9-15)13-35(2)34-21/h4-13H,1-3H3,(H,30,32,33,36). The molecule has 1 amide bonds. The lowest BCUT2D eigenvalue weighted by Crippen LogP contribution is -2.14. The Morgan fingerprint density at radius 1 is 1.05 bits per heavy atom. The van der Waals surface area contributed by atoms with E-state index in [1.807, 2.05) is 44.4 Å². The van der Waals surface area contributed by atoms with Gasteiger partial charge in [-0.05, 0) is 43.3 Å². The van der Waals surface area contributed by atoms with E-state index in [9.17, 15) is 4.79 Å². The molecule has 0 aliphatic rings. The second-order valence-electron chi connectivity index (χ2n) is 8.65. The third kappa shape index (κ3) is 4.44. The van der Waals surface area contributed by atoms with Crippen molar-refractivity contribution in [2.24, 2.45) is 7.05 Å². The van der Waals surface area contributed by atoms with Gasteiger partial charge in [-0.15, -0.1) is 0 Å². The van der Waals surface area contributed by atoms with Gasteiger partial charge in [0.2, 0.25) is 0 Å². The Kier molecular flexibility index (Phi) is 5.97. The number of thiazole rings is 1. The number of hydrogen-bond donors (Lipinski definition) is 1. The number of nitrogens with one attached hydrogen (secondary N) is 1. The number of benzene rings is 2. The highest BCUT2D eigenvalue weighted by Crippen LogP contribution is 2.35. The minimum atomic E-state index is -0.365. The molecule has 0 aliphatic heterocycles. The largest absolute Gasteiger partial charge is 0.496 e. The van der Waals surface area contributed by atoms with Gasteiger partial charge in [-0.2, -0.15) is 10.1 Å². The van der Waals surface area contributed by atoms with Crippen LogP contribution < -0.4 is 10.1 Å². The minimum Gasteiger partial charge on any atom is -0.496 e. The Hall–Kier alpha value is -4.41. The summed E-state index contributed by atoms with van der Waals surface area (Å²) in [6.45, 7) is 1.86. The van der Waals surface area contributed by atoms with Gasteiger partial charge in [-0.25, -0.2) is 9.97 Å². The van der Waals surface area contributed by atoms with Crippen molar-refractivity contribution < 1.29 is 9.53 Å². The van der Waals surface area contributed by atoms with E-state index in [0.717, 1.165) is 22.2 Å². The summed E-state index contributed by atoms with van der Waals surface area (Å²) in [5.74, 6) is 0.232. The fourth-order valence-electron chi connectivity index (χ4n) is 4.24. The second kappa shape index (κ2) is 9.47. The number of anilines is 1. The molecule has 1 N–H and O–H groups in total. The molecular weight excluding hydrogens is 522 g/mol. The number of fused-ring (bicyclic) bond motifs is 2. The zero-order valence-corrected chi connectivity index (χ0v) is 22.1. The van der Waals surface area contributed by atoms with Crippen LogP contribution in [0.2, 0.25) is 5.02 Å². The first-order valence-electron chi connectivity index (χ1n) is 11.6. The summed E-state index contributed by atoms with van der Waals surface area (Å²) in [4.78, 5) is 32.0. The Morgan fingerprint density at radius 3 is 2.76 bits per heavy atom. The van der Waals surface area contributed by atoms with Gasteiger partial charge in [0, 0.05) is 52.2 Å². The second-order valence-corrected chi connectivity index (χ2v) is 10.1. The monoisotopic (exact) mass is 541 g/mol. The van der Waals surface area contributed by atoms with Crippen molar-refractivity contribution in [3.05, 3.63) is 77.3 Å². The number of carbonyl (C=O) groups excluding carboxylic acids is 1. The lowest BCUT2D eigenvalue weighted by molar-refractivity contribution is 0.102. The van der Waals surface area contributed by atoms with Crippen molar-refractivity contribution in [2.45, 2.75) is 6.92 Å². The van der Waals surface area contributed by atoms with Gasteiger partial charge in [0.1, 0.15) is 5.75 Å². The van der Waals surface area contributed by atoms with Crippen LogP contribution in [0.3, 0.4) is 0 Å². The third-order valence-corrected chi connectivity index (χ3v) is 7.08. The van der Waals surface area contributed by atoms with E-state index >= 15 is 0 Å². The van der Waals surface area contributed by atoms with Crippen molar-refractivity contribution in [3.8, 4) is 28.1 Å². The number of hydrogen-bond acceptors (Lipinski definition) is 8. The molecule has 2 aromatic carbocycles. The highest BCUT2D eigenvalue weighted by Gasteiger charge is 2.19. The van der Waals surface area contributed by atoms with Crippen LogP contribution in [0.1, 0.15) is 16.1 Å². The van der Waals surface area contributed by atoms with Gasteiger partial charge in [0.05, 0.1) is 30.1 Å². The average molecular weight is 542 g/mol. The predicted octanol–water partition coefficient (Wildman–Crippen LogP) is 5.92. The van der Waals surface area contributed by atoms with Gasteiger partial charge in [0.25, 0.3) is 5.91 Å². The number of ether oxygens (including phenoxy) is 1. The van der Waals surface area contributed by atoms with Crippen molar-refractivity contribution in [2.75, 3.05) is 12.4 Å². The molecular formula is C27H20ClN7O2S. The molecule has 0 aliphatic carbocycles. The molecule has 4 heterocycles. The van der Waals surface area contributed by atoms with Crippen LogP contribution in [0.25, 0.3) is 43.8 Å². The summed E-state index contributed by atoms with van der Waals surface area (Å²) in [7, 11) is 3.46. The van der Waals surface area contributed by atoms with Crippen LogP contribution in [-0.4, -0.2) is 42.7 Å². The van der Waals surface area contributed by atoms with E-state index in [0.29, 0.717) is 48.8 Å². The molecule has 0 unspecified atom stereocenters. The maximum Gasteiger partial charge on any atom is 0.259 e. The molecule has 0 spiro atoms. The number of amides is 1. The van der Waals surface area contributed by atoms with Crippen molar-refractivity contribution in [1.29, 1.82) is 0 Å². The number of pyridine rings is 1. The fraction of sp³-hybridized carbons (Fsp3) is 0.111.